The number of carbonyl (C=O) groups is 1. The van der Waals surface area contributed by atoms with E-state index in [0.717, 1.165) is 0 Å². The zero-order chi connectivity index (χ0) is 15.1. The molecule has 6 heteroatoms. The van der Waals surface area contributed by atoms with Crippen LogP contribution < -0.4 is 14.8 Å². The van der Waals surface area contributed by atoms with Crippen molar-refractivity contribution < 1.29 is 19.0 Å². The van der Waals surface area contributed by atoms with Crippen molar-refractivity contribution in [3.8, 4) is 17.6 Å². The Morgan fingerprint density at radius 3 is 2.50 bits per heavy atom. The average Bonchev–Trinajstić information content (AvgIpc) is 2.50. The van der Waals surface area contributed by atoms with Crippen molar-refractivity contribution in [2.75, 3.05) is 21.3 Å². The molecule has 1 aromatic rings. The monoisotopic (exact) mass is 278 g/mol. The van der Waals surface area contributed by atoms with Crippen molar-refractivity contribution >= 4 is 5.91 Å². The van der Waals surface area contributed by atoms with Crippen molar-refractivity contribution in [1.29, 1.82) is 5.26 Å². The Hall–Kier alpha value is -2.26. The maximum atomic E-state index is 11.8. The Morgan fingerprint density at radius 1 is 1.30 bits per heavy atom. The van der Waals surface area contributed by atoms with Gasteiger partial charge in [-0.15, -0.1) is 0 Å². The number of nitriles is 1. The number of benzene rings is 1. The highest BCUT2D eigenvalue weighted by atomic mass is 16.5. The molecule has 2 atom stereocenters. The first-order valence-corrected chi connectivity index (χ1v) is 6.02. The first-order chi connectivity index (χ1) is 9.58. The van der Waals surface area contributed by atoms with E-state index in [-0.39, 0.29) is 5.91 Å². The summed E-state index contributed by atoms with van der Waals surface area (Å²) in [6.07, 6.45) is -0.637. The predicted molar refractivity (Wildman–Crippen MR) is 72.5 cm³/mol. The Balaban J connectivity index is 3.08. The molecule has 0 unspecified atom stereocenters. The molecule has 0 saturated heterocycles. The zero-order valence-electron chi connectivity index (χ0n) is 12.0. The second-order valence-electron chi connectivity index (χ2n) is 4.03. The van der Waals surface area contributed by atoms with Gasteiger partial charge in [0.05, 0.1) is 20.3 Å². The predicted octanol–water partition coefficient (Wildman–Crippen LogP) is 1.42. The number of nitrogens with zero attached hydrogens (tertiary/aromatic N) is 1. The van der Waals surface area contributed by atoms with Crippen molar-refractivity contribution in [2.45, 2.75) is 19.1 Å². The zero-order valence-corrected chi connectivity index (χ0v) is 12.0. The van der Waals surface area contributed by atoms with Crippen LogP contribution in [-0.2, 0) is 9.53 Å². The van der Waals surface area contributed by atoms with Gasteiger partial charge >= 0.3 is 0 Å². The Morgan fingerprint density at radius 2 is 2.00 bits per heavy atom. The van der Waals surface area contributed by atoms with E-state index in [2.05, 4.69) is 5.32 Å². The fraction of sp³-hybridized carbons (Fsp3) is 0.429. The van der Waals surface area contributed by atoms with Gasteiger partial charge in [0.15, 0.2) is 11.5 Å². The number of hydrogen-bond donors (Lipinski definition) is 1. The lowest BCUT2D eigenvalue weighted by molar-refractivity contribution is -0.130. The Labute approximate surface area is 118 Å². The summed E-state index contributed by atoms with van der Waals surface area (Å²) in [4.78, 5) is 11.8. The van der Waals surface area contributed by atoms with Crippen LogP contribution in [0.4, 0.5) is 0 Å². The van der Waals surface area contributed by atoms with Gasteiger partial charge in [-0.1, -0.05) is 12.1 Å². The SMILES string of the molecule is COc1cccc([C@@H](C#N)NC(=O)[C@H](C)OC)c1OC. The number of carbonyl (C=O) groups excluding carboxylic acids is 1. The lowest BCUT2D eigenvalue weighted by atomic mass is 10.1. The van der Waals surface area contributed by atoms with Gasteiger partial charge in [-0.25, -0.2) is 0 Å². The molecular formula is C14H18N2O4. The maximum Gasteiger partial charge on any atom is 0.250 e. The van der Waals surface area contributed by atoms with Crippen LogP contribution in [0.1, 0.15) is 18.5 Å². The number of methoxy groups -OCH3 is 3. The molecule has 0 bridgehead atoms. The first-order valence-electron chi connectivity index (χ1n) is 6.02. The van der Waals surface area contributed by atoms with Crippen LogP contribution in [0.5, 0.6) is 11.5 Å². The van der Waals surface area contributed by atoms with Gasteiger partial charge in [0.25, 0.3) is 0 Å². The standard InChI is InChI=1S/C14H18N2O4/c1-9(18-2)14(17)16-11(8-15)10-6-5-7-12(19-3)13(10)20-4/h5-7,9,11H,1-4H3,(H,16,17)/t9-,11+/m0/s1. The minimum absolute atomic E-state index is 0.371. The van der Waals surface area contributed by atoms with E-state index < -0.39 is 12.1 Å². The smallest absolute Gasteiger partial charge is 0.250 e. The molecule has 1 rings (SSSR count). The van der Waals surface area contributed by atoms with E-state index in [9.17, 15) is 10.1 Å². The van der Waals surface area contributed by atoms with Gasteiger partial charge in [0.2, 0.25) is 5.91 Å². The van der Waals surface area contributed by atoms with Crippen LogP contribution in [-0.4, -0.2) is 33.3 Å². The van der Waals surface area contributed by atoms with Gasteiger partial charge in [0, 0.05) is 12.7 Å². The summed E-state index contributed by atoms with van der Waals surface area (Å²) in [5.74, 6) is 0.551. The van der Waals surface area contributed by atoms with Crippen molar-refractivity contribution in [2.24, 2.45) is 0 Å². The van der Waals surface area contributed by atoms with Gasteiger partial charge in [-0.05, 0) is 13.0 Å². The summed E-state index contributed by atoms with van der Waals surface area (Å²) in [5, 5.41) is 11.9. The maximum absolute atomic E-state index is 11.8. The highest BCUT2D eigenvalue weighted by Gasteiger charge is 2.22. The number of rotatable bonds is 6. The van der Waals surface area contributed by atoms with E-state index in [1.807, 2.05) is 6.07 Å². The van der Waals surface area contributed by atoms with Crippen molar-refractivity contribution in [3.63, 3.8) is 0 Å². The van der Waals surface area contributed by atoms with E-state index in [1.165, 1.54) is 21.3 Å². The summed E-state index contributed by atoms with van der Waals surface area (Å²) in [6, 6.07) is 6.34. The normalized spacial score (nSPS) is 12.9. The minimum atomic E-state index is -0.842. The molecule has 0 saturated carbocycles. The number of para-hydroxylation sites is 1. The van der Waals surface area contributed by atoms with Crippen molar-refractivity contribution in [1.82, 2.24) is 5.32 Å². The third-order valence-corrected chi connectivity index (χ3v) is 2.88. The molecule has 6 nitrogen and oxygen atoms in total. The number of ether oxygens (including phenoxy) is 3. The topological polar surface area (TPSA) is 80.6 Å². The van der Waals surface area contributed by atoms with E-state index in [1.54, 1.807) is 25.1 Å². The molecule has 0 aliphatic heterocycles. The highest BCUT2D eigenvalue weighted by molar-refractivity contribution is 5.81. The van der Waals surface area contributed by atoms with E-state index >= 15 is 0 Å². The van der Waals surface area contributed by atoms with Crippen molar-refractivity contribution in [3.05, 3.63) is 23.8 Å². The third-order valence-electron chi connectivity index (χ3n) is 2.88. The molecule has 0 spiro atoms. The molecule has 1 amide bonds. The fourth-order valence-electron chi connectivity index (χ4n) is 1.69. The van der Waals surface area contributed by atoms with Crippen LogP contribution in [0.2, 0.25) is 0 Å². The summed E-state index contributed by atoms with van der Waals surface area (Å²) < 4.78 is 15.4. The molecule has 0 aliphatic carbocycles. The number of hydrogen-bond acceptors (Lipinski definition) is 5. The van der Waals surface area contributed by atoms with E-state index in [0.29, 0.717) is 17.1 Å². The summed E-state index contributed by atoms with van der Waals surface area (Å²) >= 11 is 0. The van der Waals surface area contributed by atoms with Crippen LogP contribution in [0.15, 0.2) is 18.2 Å². The van der Waals surface area contributed by atoms with Crippen LogP contribution in [0.25, 0.3) is 0 Å². The molecule has 0 fully saturated rings. The van der Waals surface area contributed by atoms with Crippen LogP contribution >= 0.6 is 0 Å². The van der Waals surface area contributed by atoms with Crippen LogP contribution in [0.3, 0.4) is 0 Å². The molecule has 0 aliphatic rings. The molecular weight excluding hydrogens is 260 g/mol. The second kappa shape index (κ2) is 7.36. The molecule has 1 aromatic carbocycles. The number of nitrogens with one attached hydrogen (secondary N) is 1. The summed E-state index contributed by atoms with van der Waals surface area (Å²) in [7, 11) is 4.42. The van der Waals surface area contributed by atoms with Gasteiger partial charge in [-0.3, -0.25) is 4.79 Å². The van der Waals surface area contributed by atoms with Gasteiger partial charge in [-0.2, -0.15) is 5.26 Å². The molecule has 20 heavy (non-hydrogen) atoms. The first kappa shape index (κ1) is 15.8. The molecule has 0 heterocycles. The van der Waals surface area contributed by atoms with Gasteiger partial charge in [0.1, 0.15) is 12.1 Å². The molecule has 108 valence electrons. The minimum Gasteiger partial charge on any atom is -0.493 e. The highest BCUT2D eigenvalue weighted by Crippen LogP contribution is 2.34. The second-order valence-corrected chi connectivity index (χ2v) is 4.03. The summed E-state index contributed by atoms with van der Waals surface area (Å²) in [6.45, 7) is 1.60. The molecule has 0 radical (unpaired) electrons. The molecule has 0 aromatic heterocycles. The van der Waals surface area contributed by atoms with Crippen LogP contribution in [0, 0.1) is 11.3 Å². The largest absolute Gasteiger partial charge is 0.493 e. The lowest BCUT2D eigenvalue weighted by Crippen LogP contribution is -2.36. The fourth-order valence-corrected chi connectivity index (χ4v) is 1.69. The van der Waals surface area contributed by atoms with Gasteiger partial charge < -0.3 is 19.5 Å². The average molecular weight is 278 g/mol. The Kier molecular flexibility index (Phi) is 5.81. The molecule has 1 N–H and O–H groups in total. The number of amides is 1. The quantitative estimate of drug-likeness (QED) is 0.851. The lowest BCUT2D eigenvalue weighted by Gasteiger charge is -2.18. The van der Waals surface area contributed by atoms with E-state index in [4.69, 9.17) is 14.2 Å². The third kappa shape index (κ3) is 3.39. The summed E-state index contributed by atoms with van der Waals surface area (Å²) in [5.41, 5.74) is 0.533. The Bertz CT molecular complexity index is 510.